The van der Waals surface area contributed by atoms with Crippen LogP contribution in [0.25, 0.3) is 0 Å². The zero-order valence-electron chi connectivity index (χ0n) is 9.15. The minimum Gasteiger partial charge on any atom is -0.508 e. The molecular weight excluding hydrogens is 257 g/mol. The largest absolute Gasteiger partial charge is 0.508 e. The number of halogens is 2. The standard InChI is InChI=1S/C13H9ClFNO2/c14-11-7-9(4-5-12(11)15)16-13(18)8-2-1-3-10(17)6-8/h1-7,17H,(H,16,18). The summed E-state index contributed by atoms with van der Waals surface area (Å²) in [6, 6.07) is 9.80. The molecule has 5 heteroatoms. The minimum absolute atomic E-state index is 0.000196. The molecule has 0 bridgehead atoms. The molecule has 2 N–H and O–H groups in total. The maximum atomic E-state index is 12.9. The number of benzene rings is 2. The topological polar surface area (TPSA) is 49.3 Å². The lowest BCUT2D eigenvalue weighted by Gasteiger charge is -2.06. The van der Waals surface area contributed by atoms with Gasteiger partial charge in [0.25, 0.3) is 5.91 Å². The van der Waals surface area contributed by atoms with E-state index in [1.165, 1.54) is 30.3 Å². The molecule has 0 aromatic heterocycles. The molecule has 0 atom stereocenters. The van der Waals surface area contributed by atoms with E-state index in [9.17, 15) is 14.3 Å². The lowest BCUT2D eigenvalue weighted by atomic mass is 10.2. The summed E-state index contributed by atoms with van der Waals surface area (Å²) >= 11 is 5.60. The molecule has 0 aliphatic carbocycles. The lowest BCUT2D eigenvalue weighted by molar-refractivity contribution is 0.102. The average Bonchev–Trinajstić information content (AvgIpc) is 2.34. The Balaban J connectivity index is 2.18. The first-order chi connectivity index (χ1) is 8.56. The van der Waals surface area contributed by atoms with Gasteiger partial charge in [-0.3, -0.25) is 4.79 Å². The average molecular weight is 266 g/mol. The quantitative estimate of drug-likeness (QED) is 0.874. The van der Waals surface area contributed by atoms with Crippen LogP contribution in [0.2, 0.25) is 5.02 Å². The third kappa shape index (κ3) is 2.78. The number of phenolic OH excluding ortho intramolecular Hbond substituents is 1. The van der Waals surface area contributed by atoms with Gasteiger partial charge in [-0.15, -0.1) is 0 Å². The van der Waals surface area contributed by atoms with Crippen molar-refractivity contribution in [1.29, 1.82) is 0 Å². The third-order valence-electron chi connectivity index (χ3n) is 2.29. The van der Waals surface area contributed by atoms with Gasteiger partial charge < -0.3 is 10.4 Å². The van der Waals surface area contributed by atoms with Crippen molar-refractivity contribution < 1.29 is 14.3 Å². The molecule has 0 radical (unpaired) electrons. The highest BCUT2D eigenvalue weighted by molar-refractivity contribution is 6.31. The Morgan fingerprint density at radius 2 is 2.00 bits per heavy atom. The Kier molecular flexibility index (Phi) is 3.48. The Morgan fingerprint density at radius 3 is 2.67 bits per heavy atom. The van der Waals surface area contributed by atoms with E-state index in [2.05, 4.69) is 5.32 Å². The van der Waals surface area contributed by atoms with Crippen molar-refractivity contribution in [2.45, 2.75) is 0 Å². The second-order valence-corrected chi connectivity index (χ2v) is 4.04. The fourth-order valence-corrected chi connectivity index (χ4v) is 1.60. The highest BCUT2D eigenvalue weighted by Gasteiger charge is 2.08. The molecule has 3 nitrogen and oxygen atoms in total. The van der Waals surface area contributed by atoms with Crippen LogP contribution in [0.5, 0.6) is 5.75 Å². The van der Waals surface area contributed by atoms with E-state index < -0.39 is 11.7 Å². The molecule has 0 saturated heterocycles. The van der Waals surface area contributed by atoms with Gasteiger partial charge in [-0.05, 0) is 36.4 Å². The molecule has 0 saturated carbocycles. The van der Waals surface area contributed by atoms with E-state index in [4.69, 9.17) is 11.6 Å². The Hall–Kier alpha value is -2.07. The van der Waals surface area contributed by atoms with E-state index in [-0.39, 0.29) is 10.8 Å². The minimum atomic E-state index is -0.549. The van der Waals surface area contributed by atoms with E-state index in [0.29, 0.717) is 11.3 Å². The van der Waals surface area contributed by atoms with E-state index in [1.807, 2.05) is 0 Å². The van der Waals surface area contributed by atoms with Crippen LogP contribution in [0.3, 0.4) is 0 Å². The Bertz CT molecular complexity index is 601. The van der Waals surface area contributed by atoms with Gasteiger partial charge >= 0.3 is 0 Å². The number of hydrogen-bond donors (Lipinski definition) is 2. The molecule has 2 aromatic rings. The number of carbonyl (C=O) groups is 1. The van der Waals surface area contributed by atoms with Crippen LogP contribution in [-0.2, 0) is 0 Å². The molecule has 0 spiro atoms. The van der Waals surface area contributed by atoms with Crippen molar-refractivity contribution in [1.82, 2.24) is 0 Å². The van der Waals surface area contributed by atoms with Gasteiger partial charge in [0.1, 0.15) is 11.6 Å². The highest BCUT2D eigenvalue weighted by atomic mass is 35.5. The second-order valence-electron chi connectivity index (χ2n) is 3.63. The summed E-state index contributed by atoms with van der Waals surface area (Å²) in [5.74, 6) is -0.958. The summed E-state index contributed by atoms with van der Waals surface area (Å²) in [6.07, 6.45) is 0. The first-order valence-corrected chi connectivity index (χ1v) is 5.49. The maximum Gasteiger partial charge on any atom is 0.255 e. The molecule has 1 amide bonds. The SMILES string of the molecule is O=C(Nc1ccc(F)c(Cl)c1)c1cccc(O)c1. The Morgan fingerprint density at radius 1 is 1.22 bits per heavy atom. The highest BCUT2D eigenvalue weighted by Crippen LogP contribution is 2.20. The summed E-state index contributed by atoms with van der Waals surface area (Å²) in [5, 5.41) is 11.7. The van der Waals surface area contributed by atoms with E-state index in [1.54, 1.807) is 12.1 Å². The van der Waals surface area contributed by atoms with Crippen molar-refractivity contribution in [3.05, 3.63) is 58.9 Å². The molecular formula is C13H9ClFNO2. The van der Waals surface area contributed by atoms with Crippen LogP contribution in [0.4, 0.5) is 10.1 Å². The smallest absolute Gasteiger partial charge is 0.255 e. The van der Waals surface area contributed by atoms with Crippen LogP contribution >= 0.6 is 11.6 Å². The van der Waals surface area contributed by atoms with Gasteiger partial charge in [0.2, 0.25) is 0 Å². The molecule has 2 rings (SSSR count). The molecule has 18 heavy (non-hydrogen) atoms. The van der Waals surface area contributed by atoms with Crippen molar-refractivity contribution in [2.75, 3.05) is 5.32 Å². The summed E-state index contributed by atoms with van der Waals surface area (Å²) in [6.45, 7) is 0. The summed E-state index contributed by atoms with van der Waals surface area (Å²) in [4.78, 5) is 11.8. The zero-order valence-corrected chi connectivity index (χ0v) is 9.91. The number of hydrogen-bond acceptors (Lipinski definition) is 2. The monoisotopic (exact) mass is 265 g/mol. The number of anilines is 1. The van der Waals surface area contributed by atoms with Crippen LogP contribution in [0, 0.1) is 5.82 Å². The number of amides is 1. The molecule has 0 aliphatic heterocycles. The second kappa shape index (κ2) is 5.06. The van der Waals surface area contributed by atoms with Gasteiger partial charge in [0, 0.05) is 11.3 Å². The van der Waals surface area contributed by atoms with Crippen LogP contribution < -0.4 is 5.32 Å². The van der Waals surface area contributed by atoms with Crippen molar-refractivity contribution in [2.24, 2.45) is 0 Å². The van der Waals surface area contributed by atoms with Crippen molar-refractivity contribution in [3.63, 3.8) is 0 Å². The van der Waals surface area contributed by atoms with Crippen molar-refractivity contribution >= 4 is 23.2 Å². The summed E-state index contributed by atoms with van der Waals surface area (Å²) < 4.78 is 12.9. The fourth-order valence-electron chi connectivity index (χ4n) is 1.42. The number of aromatic hydroxyl groups is 1. The number of rotatable bonds is 2. The van der Waals surface area contributed by atoms with E-state index >= 15 is 0 Å². The van der Waals surface area contributed by atoms with Crippen LogP contribution in [0.15, 0.2) is 42.5 Å². The number of nitrogens with one attached hydrogen (secondary N) is 1. The predicted octanol–water partition coefficient (Wildman–Crippen LogP) is 3.44. The number of phenols is 1. The van der Waals surface area contributed by atoms with Gasteiger partial charge in [-0.25, -0.2) is 4.39 Å². The molecule has 92 valence electrons. The molecule has 2 aromatic carbocycles. The molecule has 0 heterocycles. The van der Waals surface area contributed by atoms with Crippen molar-refractivity contribution in [3.8, 4) is 5.75 Å². The first-order valence-electron chi connectivity index (χ1n) is 5.12. The molecule has 0 unspecified atom stereocenters. The third-order valence-corrected chi connectivity index (χ3v) is 2.58. The lowest BCUT2D eigenvalue weighted by Crippen LogP contribution is -2.11. The number of carbonyl (C=O) groups excluding carboxylic acids is 1. The fraction of sp³-hybridized carbons (Fsp3) is 0. The van der Waals surface area contributed by atoms with Gasteiger partial charge in [0.15, 0.2) is 0 Å². The predicted molar refractivity (Wildman–Crippen MR) is 67.5 cm³/mol. The van der Waals surface area contributed by atoms with Gasteiger partial charge in [0.05, 0.1) is 5.02 Å². The zero-order chi connectivity index (χ0) is 13.1. The maximum absolute atomic E-state index is 12.9. The summed E-state index contributed by atoms with van der Waals surface area (Å²) in [5.41, 5.74) is 0.685. The Labute approximate surface area is 108 Å². The van der Waals surface area contributed by atoms with Crippen LogP contribution in [0.1, 0.15) is 10.4 Å². The van der Waals surface area contributed by atoms with Gasteiger partial charge in [-0.1, -0.05) is 17.7 Å². The molecule has 0 aliphatic rings. The normalized spacial score (nSPS) is 10.1. The molecule has 0 fully saturated rings. The first kappa shape index (κ1) is 12.4. The van der Waals surface area contributed by atoms with Crippen LogP contribution in [-0.4, -0.2) is 11.0 Å². The summed E-state index contributed by atoms with van der Waals surface area (Å²) in [7, 11) is 0. The van der Waals surface area contributed by atoms with Gasteiger partial charge in [-0.2, -0.15) is 0 Å². The van der Waals surface area contributed by atoms with E-state index in [0.717, 1.165) is 0 Å².